The SMILES string of the molecule is CC(C)C(N)C(=O)NCC(C(=O)O)C(C)(C)COS(=O)(=O)CCCS(=O)(=O)O. The largest absolute Gasteiger partial charge is 0.481 e. The predicted molar refractivity (Wildman–Crippen MR) is 102 cm³/mol. The molecule has 0 aliphatic carbocycles. The second-order valence-electron chi connectivity index (χ2n) is 7.56. The standard InChI is InChI=1S/C15H30N2O9S2/c1-10(2)12(16)13(18)17-8-11(14(19)20)15(3,4)9-26-28(24,25)7-5-6-27(21,22)23/h10-12H,5-9,16H2,1-4H3,(H,17,18)(H,19,20)(H,21,22,23). The summed E-state index contributed by atoms with van der Waals surface area (Å²) in [4.78, 5) is 23.5. The molecule has 0 aromatic carbocycles. The summed E-state index contributed by atoms with van der Waals surface area (Å²) in [5.41, 5.74) is 4.52. The van der Waals surface area contributed by atoms with Crippen LogP contribution in [0.25, 0.3) is 0 Å². The van der Waals surface area contributed by atoms with E-state index in [4.69, 9.17) is 14.5 Å². The molecule has 28 heavy (non-hydrogen) atoms. The van der Waals surface area contributed by atoms with Crippen LogP contribution >= 0.6 is 0 Å². The lowest BCUT2D eigenvalue weighted by Crippen LogP contribution is -2.49. The second kappa shape index (κ2) is 10.5. The maximum atomic E-state index is 11.9. The third-order valence-corrected chi connectivity index (χ3v) is 6.22. The van der Waals surface area contributed by atoms with Gasteiger partial charge in [-0.1, -0.05) is 27.7 Å². The predicted octanol–water partition coefficient (Wildman–Crippen LogP) is -0.563. The van der Waals surface area contributed by atoms with Gasteiger partial charge in [0, 0.05) is 12.0 Å². The Balaban J connectivity index is 4.91. The van der Waals surface area contributed by atoms with Crippen molar-refractivity contribution in [3.63, 3.8) is 0 Å². The van der Waals surface area contributed by atoms with E-state index in [1.54, 1.807) is 13.8 Å². The van der Waals surface area contributed by atoms with E-state index >= 15 is 0 Å². The van der Waals surface area contributed by atoms with Crippen LogP contribution < -0.4 is 11.1 Å². The zero-order valence-corrected chi connectivity index (χ0v) is 18.0. The van der Waals surface area contributed by atoms with Crippen LogP contribution in [0.2, 0.25) is 0 Å². The highest BCUT2D eigenvalue weighted by molar-refractivity contribution is 7.87. The van der Waals surface area contributed by atoms with Gasteiger partial charge in [-0.25, -0.2) is 0 Å². The van der Waals surface area contributed by atoms with Gasteiger partial charge in [0.05, 0.1) is 30.1 Å². The number of nitrogens with one attached hydrogen (secondary N) is 1. The Morgan fingerprint density at radius 2 is 1.68 bits per heavy atom. The quantitative estimate of drug-likeness (QED) is 0.210. The summed E-state index contributed by atoms with van der Waals surface area (Å²) >= 11 is 0. The Bertz CT molecular complexity index is 745. The van der Waals surface area contributed by atoms with Crippen molar-refractivity contribution in [1.82, 2.24) is 5.32 Å². The van der Waals surface area contributed by atoms with Crippen molar-refractivity contribution >= 4 is 32.1 Å². The molecule has 0 aliphatic heterocycles. The zero-order chi connectivity index (χ0) is 22.3. The molecular formula is C15H30N2O9S2. The molecule has 2 unspecified atom stereocenters. The molecule has 0 radical (unpaired) electrons. The highest BCUT2D eigenvalue weighted by Gasteiger charge is 2.37. The molecule has 0 bridgehead atoms. The average Bonchev–Trinajstić information content (AvgIpc) is 2.50. The van der Waals surface area contributed by atoms with E-state index in [-0.39, 0.29) is 18.9 Å². The fraction of sp³-hybridized carbons (Fsp3) is 0.867. The maximum Gasteiger partial charge on any atom is 0.308 e. The van der Waals surface area contributed by atoms with Crippen LogP contribution in [0.3, 0.4) is 0 Å². The van der Waals surface area contributed by atoms with Gasteiger partial charge in [0.25, 0.3) is 20.2 Å². The molecule has 1 amide bonds. The first kappa shape index (κ1) is 26.7. The van der Waals surface area contributed by atoms with Gasteiger partial charge in [-0.15, -0.1) is 0 Å². The van der Waals surface area contributed by atoms with Gasteiger partial charge in [-0.05, 0) is 12.3 Å². The molecule has 11 nitrogen and oxygen atoms in total. The monoisotopic (exact) mass is 446 g/mol. The molecule has 0 heterocycles. The van der Waals surface area contributed by atoms with Crippen LogP contribution in [0.1, 0.15) is 34.1 Å². The van der Waals surface area contributed by atoms with E-state index < -0.39 is 67.6 Å². The Kier molecular flexibility index (Phi) is 10.0. The first-order valence-electron chi connectivity index (χ1n) is 8.57. The highest BCUT2D eigenvalue weighted by Crippen LogP contribution is 2.28. The van der Waals surface area contributed by atoms with Gasteiger partial charge in [-0.2, -0.15) is 16.8 Å². The Labute approximate surface area is 165 Å². The van der Waals surface area contributed by atoms with Gasteiger partial charge < -0.3 is 16.2 Å². The molecule has 5 N–H and O–H groups in total. The van der Waals surface area contributed by atoms with Gasteiger partial charge in [0.1, 0.15) is 0 Å². The van der Waals surface area contributed by atoms with Crippen molar-refractivity contribution in [2.75, 3.05) is 24.7 Å². The third-order valence-electron chi connectivity index (χ3n) is 4.15. The summed E-state index contributed by atoms with van der Waals surface area (Å²) in [5.74, 6) is -4.47. The Hall–Kier alpha value is -1.28. The molecule has 0 aromatic heterocycles. The van der Waals surface area contributed by atoms with Crippen LogP contribution in [0.4, 0.5) is 0 Å². The Morgan fingerprint density at radius 1 is 1.14 bits per heavy atom. The fourth-order valence-corrected chi connectivity index (χ4v) is 3.93. The number of hydrogen-bond donors (Lipinski definition) is 4. The Morgan fingerprint density at radius 3 is 2.11 bits per heavy atom. The number of carboxylic acids is 1. The lowest BCUT2D eigenvalue weighted by molar-refractivity contribution is -0.146. The lowest BCUT2D eigenvalue weighted by Gasteiger charge is -2.31. The minimum Gasteiger partial charge on any atom is -0.481 e. The van der Waals surface area contributed by atoms with E-state index in [0.717, 1.165) is 0 Å². The average molecular weight is 447 g/mol. The number of nitrogens with two attached hydrogens (primary N) is 1. The van der Waals surface area contributed by atoms with Crippen molar-refractivity contribution in [2.24, 2.45) is 23.0 Å². The minimum atomic E-state index is -4.29. The molecule has 0 aromatic rings. The molecule has 0 saturated heterocycles. The molecule has 0 spiro atoms. The van der Waals surface area contributed by atoms with Crippen LogP contribution in [0.15, 0.2) is 0 Å². The van der Waals surface area contributed by atoms with E-state index in [1.807, 2.05) is 0 Å². The van der Waals surface area contributed by atoms with Crippen LogP contribution in [0, 0.1) is 17.3 Å². The number of rotatable bonds is 13. The van der Waals surface area contributed by atoms with Crippen molar-refractivity contribution in [3.05, 3.63) is 0 Å². The summed E-state index contributed by atoms with van der Waals surface area (Å²) in [6, 6.07) is -0.808. The summed E-state index contributed by atoms with van der Waals surface area (Å²) in [6.45, 7) is 5.65. The van der Waals surface area contributed by atoms with Crippen molar-refractivity contribution in [2.45, 2.75) is 40.2 Å². The smallest absolute Gasteiger partial charge is 0.308 e. The first-order chi connectivity index (χ1) is 12.5. The molecule has 166 valence electrons. The van der Waals surface area contributed by atoms with E-state index in [1.165, 1.54) is 13.8 Å². The van der Waals surface area contributed by atoms with Crippen LogP contribution in [-0.4, -0.2) is 69.1 Å². The number of hydrogen-bond acceptors (Lipinski definition) is 8. The molecule has 13 heteroatoms. The zero-order valence-electron chi connectivity index (χ0n) is 16.4. The molecule has 0 fully saturated rings. The van der Waals surface area contributed by atoms with Crippen molar-refractivity contribution < 1.29 is 40.3 Å². The van der Waals surface area contributed by atoms with E-state index in [2.05, 4.69) is 5.32 Å². The normalized spacial score (nSPS) is 15.2. The van der Waals surface area contributed by atoms with Gasteiger partial charge >= 0.3 is 5.97 Å². The van der Waals surface area contributed by atoms with E-state index in [9.17, 15) is 31.5 Å². The van der Waals surface area contributed by atoms with E-state index in [0.29, 0.717) is 0 Å². The van der Waals surface area contributed by atoms with Crippen LogP contribution in [-0.2, 0) is 34.0 Å². The summed E-state index contributed by atoms with van der Waals surface area (Å²) < 4.78 is 58.4. The molecule has 0 aliphatic rings. The highest BCUT2D eigenvalue weighted by atomic mass is 32.2. The van der Waals surface area contributed by atoms with Crippen LogP contribution in [0.5, 0.6) is 0 Å². The minimum absolute atomic E-state index is 0.146. The lowest BCUT2D eigenvalue weighted by atomic mass is 9.79. The topological polar surface area (TPSA) is 190 Å². The number of amides is 1. The first-order valence-corrected chi connectivity index (χ1v) is 11.8. The molecular weight excluding hydrogens is 416 g/mol. The molecule has 2 atom stereocenters. The number of aliphatic carboxylic acids is 1. The van der Waals surface area contributed by atoms with Crippen molar-refractivity contribution in [1.29, 1.82) is 0 Å². The summed E-state index contributed by atoms with van der Waals surface area (Å²) in [7, 11) is -8.42. The maximum absolute atomic E-state index is 11.9. The fourth-order valence-electron chi connectivity index (χ4n) is 2.14. The number of carbonyl (C=O) groups is 2. The second-order valence-corrected chi connectivity index (χ2v) is 10.9. The van der Waals surface area contributed by atoms with Gasteiger partial charge in [-0.3, -0.25) is 18.3 Å². The summed E-state index contributed by atoms with van der Waals surface area (Å²) in [5, 5.41) is 11.9. The third kappa shape index (κ3) is 10.3. The summed E-state index contributed by atoms with van der Waals surface area (Å²) in [6.07, 6.45) is -0.368. The van der Waals surface area contributed by atoms with Crippen molar-refractivity contribution in [3.8, 4) is 0 Å². The molecule has 0 rings (SSSR count). The van der Waals surface area contributed by atoms with Gasteiger partial charge in [0.15, 0.2) is 0 Å². The molecule has 0 saturated carbocycles. The van der Waals surface area contributed by atoms with Gasteiger partial charge in [0.2, 0.25) is 5.91 Å². The number of carboxylic acid groups (broad SMARTS) is 1. The number of carbonyl (C=O) groups excluding carboxylic acids is 1.